The molecule has 1 saturated heterocycles. The van der Waals surface area contributed by atoms with Crippen LogP contribution in [0.4, 0.5) is 0 Å². The minimum atomic E-state index is -2.79. The van der Waals surface area contributed by atoms with Crippen LogP contribution in [-0.4, -0.2) is 56.5 Å². The van der Waals surface area contributed by atoms with Gasteiger partial charge in [0, 0.05) is 24.4 Å². The van der Waals surface area contributed by atoms with Gasteiger partial charge in [-0.15, -0.1) is 0 Å². The van der Waals surface area contributed by atoms with Crippen LogP contribution >= 0.6 is 0 Å². The van der Waals surface area contributed by atoms with Gasteiger partial charge in [-0.3, -0.25) is 4.90 Å². The zero-order valence-electron chi connectivity index (χ0n) is 11.4. The monoisotopic (exact) mass is 274 g/mol. The number of rotatable bonds is 8. The van der Waals surface area contributed by atoms with Crippen LogP contribution in [0.5, 0.6) is 0 Å². The normalized spacial score (nSPS) is 24.9. The van der Waals surface area contributed by atoms with Gasteiger partial charge in [-0.25, -0.2) is 8.42 Å². The second-order valence-electron chi connectivity index (χ2n) is 5.61. The Morgan fingerprint density at radius 1 is 1.28 bits per heavy atom. The summed E-state index contributed by atoms with van der Waals surface area (Å²) in [5.74, 6) is 0.630. The first-order valence-corrected chi connectivity index (χ1v) is 9.11. The molecular weight excluding hydrogens is 248 g/mol. The molecule has 1 N–H and O–H groups in total. The third kappa shape index (κ3) is 4.52. The number of nitrogens with one attached hydrogen (secondary N) is 1. The van der Waals surface area contributed by atoms with Crippen molar-refractivity contribution in [3.63, 3.8) is 0 Å². The second kappa shape index (κ2) is 6.35. The molecule has 0 spiro atoms. The summed E-state index contributed by atoms with van der Waals surface area (Å²) >= 11 is 0. The second-order valence-corrected chi connectivity index (χ2v) is 8.08. The summed E-state index contributed by atoms with van der Waals surface area (Å²) < 4.78 is 23.0. The molecule has 2 rings (SSSR count). The van der Waals surface area contributed by atoms with E-state index in [2.05, 4.69) is 10.2 Å². The van der Waals surface area contributed by atoms with Gasteiger partial charge in [0.25, 0.3) is 0 Å². The van der Waals surface area contributed by atoms with Crippen molar-refractivity contribution in [1.29, 1.82) is 0 Å². The molecule has 106 valence electrons. The van der Waals surface area contributed by atoms with Crippen LogP contribution in [0.3, 0.4) is 0 Å². The van der Waals surface area contributed by atoms with E-state index < -0.39 is 9.84 Å². The van der Waals surface area contributed by atoms with Crippen molar-refractivity contribution < 1.29 is 8.42 Å². The van der Waals surface area contributed by atoms with Gasteiger partial charge in [0.15, 0.2) is 0 Å². The summed E-state index contributed by atoms with van der Waals surface area (Å²) in [5, 5.41) is 3.53. The first-order valence-electron chi connectivity index (χ1n) is 7.28. The Morgan fingerprint density at radius 3 is 2.61 bits per heavy atom. The maximum atomic E-state index is 11.5. The van der Waals surface area contributed by atoms with Crippen molar-refractivity contribution in [3.05, 3.63) is 0 Å². The van der Waals surface area contributed by atoms with E-state index in [9.17, 15) is 8.42 Å². The Labute approximate surface area is 111 Å². The maximum Gasteiger partial charge on any atom is 0.150 e. The number of sulfone groups is 1. The lowest BCUT2D eigenvalue weighted by molar-refractivity contribution is 0.240. The largest absolute Gasteiger partial charge is 0.313 e. The zero-order valence-corrected chi connectivity index (χ0v) is 12.2. The Morgan fingerprint density at radius 2 is 2.06 bits per heavy atom. The van der Waals surface area contributed by atoms with Crippen molar-refractivity contribution >= 4 is 9.84 Å². The third-order valence-corrected chi connectivity index (χ3v) is 5.81. The molecule has 2 aliphatic rings. The Kier molecular flexibility index (Phi) is 5.04. The zero-order chi connectivity index (χ0) is 13.0. The summed E-state index contributed by atoms with van der Waals surface area (Å²) in [6.07, 6.45) is 5.95. The van der Waals surface area contributed by atoms with E-state index >= 15 is 0 Å². The van der Waals surface area contributed by atoms with Crippen molar-refractivity contribution in [2.75, 3.05) is 31.1 Å². The molecule has 1 aliphatic heterocycles. The highest BCUT2D eigenvalue weighted by atomic mass is 32.2. The van der Waals surface area contributed by atoms with Crippen molar-refractivity contribution in [2.24, 2.45) is 0 Å². The molecule has 18 heavy (non-hydrogen) atoms. The fourth-order valence-corrected chi connectivity index (χ4v) is 3.55. The van der Waals surface area contributed by atoms with Crippen LogP contribution in [0.25, 0.3) is 0 Å². The predicted octanol–water partition coefficient (Wildman–Crippen LogP) is 1.03. The van der Waals surface area contributed by atoms with E-state index in [0.29, 0.717) is 11.8 Å². The summed E-state index contributed by atoms with van der Waals surface area (Å²) in [7, 11) is -2.79. The molecule has 0 radical (unpaired) electrons. The summed E-state index contributed by atoms with van der Waals surface area (Å²) in [6, 6.07) is 1.37. The van der Waals surface area contributed by atoms with Crippen molar-refractivity contribution in [2.45, 2.75) is 51.1 Å². The van der Waals surface area contributed by atoms with Gasteiger partial charge in [-0.1, -0.05) is 6.92 Å². The van der Waals surface area contributed by atoms with Gasteiger partial charge in [0.1, 0.15) is 9.84 Å². The van der Waals surface area contributed by atoms with Crippen LogP contribution in [0.15, 0.2) is 0 Å². The minimum Gasteiger partial charge on any atom is -0.313 e. The van der Waals surface area contributed by atoms with Crippen LogP contribution < -0.4 is 5.32 Å². The highest BCUT2D eigenvalue weighted by Crippen LogP contribution is 2.27. The standard InChI is InChI=1S/C13H26N2O2S/c1-2-18(16,17)10-4-9-15(13-6-7-13)11-12-5-3-8-14-12/h12-14H,2-11H2,1H3. The number of hydrogen-bond donors (Lipinski definition) is 1. The molecule has 1 aliphatic carbocycles. The number of hydrogen-bond acceptors (Lipinski definition) is 4. The van der Waals surface area contributed by atoms with Gasteiger partial charge in [-0.2, -0.15) is 0 Å². The van der Waals surface area contributed by atoms with Gasteiger partial charge in [-0.05, 0) is 45.2 Å². The lowest BCUT2D eigenvalue weighted by atomic mass is 10.2. The lowest BCUT2D eigenvalue weighted by Gasteiger charge is -2.25. The van der Waals surface area contributed by atoms with Crippen LogP contribution in [-0.2, 0) is 9.84 Å². The van der Waals surface area contributed by atoms with E-state index in [1.165, 1.54) is 25.7 Å². The van der Waals surface area contributed by atoms with Crippen LogP contribution in [0.2, 0.25) is 0 Å². The summed E-state index contributed by atoms with van der Waals surface area (Å²) in [6.45, 7) is 4.93. The topological polar surface area (TPSA) is 49.4 Å². The lowest BCUT2D eigenvalue weighted by Crippen LogP contribution is -2.39. The molecule has 5 heteroatoms. The average molecular weight is 274 g/mol. The first-order chi connectivity index (χ1) is 8.61. The molecule has 0 amide bonds. The van der Waals surface area contributed by atoms with E-state index in [1.54, 1.807) is 6.92 Å². The molecule has 4 nitrogen and oxygen atoms in total. The fourth-order valence-electron chi connectivity index (χ4n) is 2.69. The van der Waals surface area contributed by atoms with E-state index in [1.807, 2.05) is 0 Å². The van der Waals surface area contributed by atoms with Crippen LogP contribution in [0, 0.1) is 0 Å². The van der Waals surface area contributed by atoms with E-state index in [0.717, 1.165) is 32.1 Å². The fraction of sp³-hybridized carbons (Fsp3) is 1.00. The highest BCUT2D eigenvalue weighted by Gasteiger charge is 2.30. The first kappa shape index (κ1) is 14.3. The van der Waals surface area contributed by atoms with Crippen molar-refractivity contribution in [3.8, 4) is 0 Å². The van der Waals surface area contributed by atoms with Gasteiger partial charge in [0.2, 0.25) is 0 Å². The predicted molar refractivity (Wildman–Crippen MR) is 74.6 cm³/mol. The molecule has 0 aromatic carbocycles. The molecule has 0 aromatic rings. The van der Waals surface area contributed by atoms with Gasteiger partial charge in [0.05, 0.1) is 5.75 Å². The molecule has 0 bridgehead atoms. The number of nitrogens with zero attached hydrogens (tertiary/aromatic N) is 1. The van der Waals surface area contributed by atoms with Crippen molar-refractivity contribution in [1.82, 2.24) is 10.2 Å². The minimum absolute atomic E-state index is 0.278. The van der Waals surface area contributed by atoms with E-state index in [-0.39, 0.29) is 5.75 Å². The Bertz CT molecular complexity index is 346. The molecular formula is C13H26N2O2S. The van der Waals surface area contributed by atoms with Gasteiger partial charge >= 0.3 is 0 Å². The summed E-state index contributed by atoms with van der Waals surface area (Å²) in [4.78, 5) is 2.51. The smallest absolute Gasteiger partial charge is 0.150 e. The van der Waals surface area contributed by atoms with Crippen LogP contribution in [0.1, 0.15) is 39.0 Å². The Hall–Kier alpha value is -0.130. The molecule has 1 atom stereocenters. The maximum absolute atomic E-state index is 11.5. The quantitative estimate of drug-likeness (QED) is 0.718. The third-order valence-electron chi connectivity index (χ3n) is 4.02. The van der Waals surface area contributed by atoms with Gasteiger partial charge < -0.3 is 5.32 Å². The SMILES string of the molecule is CCS(=O)(=O)CCCN(CC1CCCN1)C1CC1. The molecule has 1 heterocycles. The Balaban J connectivity index is 1.72. The molecule has 1 unspecified atom stereocenters. The molecule has 0 aromatic heterocycles. The average Bonchev–Trinajstić information content (AvgIpc) is 3.07. The molecule has 2 fully saturated rings. The molecule has 1 saturated carbocycles. The van der Waals surface area contributed by atoms with E-state index in [4.69, 9.17) is 0 Å². The summed E-state index contributed by atoms with van der Waals surface area (Å²) in [5.41, 5.74) is 0. The highest BCUT2D eigenvalue weighted by molar-refractivity contribution is 7.91.